The van der Waals surface area contributed by atoms with E-state index in [2.05, 4.69) is 21.2 Å². The van der Waals surface area contributed by atoms with E-state index >= 15 is 0 Å². The second kappa shape index (κ2) is 7.62. The first-order valence-electron chi connectivity index (χ1n) is 7.69. The van der Waals surface area contributed by atoms with Gasteiger partial charge < -0.3 is 10.2 Å². The predicted molar refractivity (Wildman–Crippen MR) is 101 cm³/mol. The molecule has 0 spiro atoms. The lowest BCUT2D eigenvalue weighted by molar-refractivity contribution is -0.120. The van der Waals surface area contributed by atoms with Gasteiger partial charge in [-0.15, -0.1) is 0 Å². The van der Waals surface area contributed by atoms with E-state index in [0.717, 1.165) is 21.3 Å². The fourth-order valence-corrected chi connectivity index (χ4v) is 2.59. The maximum atomic E-state index is 12.3. The van der Waals surface area contributed by atoms with Crippen molar-refractivity contribution in [3.05, 3.63) is 57.6 Å². The van der Waals surface area contributed by atoms with Crippen LogP contribution in [0.2, 0.25) is 0 Å². The van der Waals surface area contributed by atoms with Crippen molar-refractivity contribution in [3.63, 3.8) is 0 Å². The number of hydrogen-bond donors (Lipinski definition) is 1. The van der Waals surface area contributed by atoms with E-state index in [-0.39, 0.29) is 18.4 Å². The van der Waals surface area contributed by atoms with E-state index in [1.807, 2.05) is 57.2 Å². The Morgan fingerprint density at radius 1 is 1.00 bits per heavy atom. The molecule has 1 N–H and O–H groups in total. The average molecular weight is 389 g/mol. The van der Waals surface area contributed by atoms with Gasteiger partial charge in [-0.05, 0) is 67.8 Å². The highest BCUT2D eigenvalue weighted by Crippen LogP contribution is 2.23. The molecule has 0 heterocycles. The minimum Gasteiger partial charge on any atom is -0.325 e. The molecule has 0 aliphatic heterocycles. The van der Waals surface area contributed by atoms with Crippen LogP contribution in [0.4, 0.5) is 11.4 Å². The number of aryl methyl sites for hydroxylation is 3. The van der Waals surface area contributed by atoms with Crippen LogP contribution in [0.5, 0.6) is 0 Å². The van der Waals surface area contributed by atoms with E-state index in [1.165, 1.54) is 17.4 Å². The summed E-state index contributed by atoms with van der Waals surface area (Å²) in [5.74, 6) is -0.402. The van der Waals surface area contributed by atoms with Crippen LogP contribution in [0.3, 0.4) is 0 Å². The Balaban J connectivity index is 2.15. The van der Waals surface area contributed by atoms with E-state index in [1.54, 1.807) is 0 Å². The Hall–Kier alpha value is -2.14. The molecule has 2 aromatic carbocycles. The molecule has 0 aromatic heterocycles. The van der Waals surface area contributed by atoms with Gasteiger partial charge in [-0.1, -0.05) is 22.0 Å². The number of rotatable bonds is 4. The molecule has 0 atom stereocenters. The second-order valence-corrected chi connectivity index (χ2v) is 6.74. The SMILES string of the molecule is CC(=O)N(CC(=O)Nc1ccc(C)c(C)c1)c1ccc(Br)c(C)c1. The lowest BCUT2D eigenvalue weighted by Crippen LogP contribution is -2.36. The number of halogens is 1. The summed E-state index contributed by atoms with van der Waals surface area (Å²) >= 11 is 3.44. The largest absolute Gasteiger partial charge is 0.325 e. The summed E-state index contributed by atoms with van der Waals surface area (Å²) in [6.45, 7) is 7.40. The molecule has 0 aliphatic rings. The van der Waals surface area contributed by atoms with Crippen LogP contribution in [0.1, 0.15) is 23.6 Å². The first-order chi connectivity index (χ1) is 11.3. The van der Waals surface area contributed by atoms with Gasteiger partial charge in [0.25, 0.3) is 0 Å². The van der Waals surface area contributed by atoms with Gasteiger partial charge in [0.1, 0.15) is 6.54 Å². The first-order valence-corrected chi connectivity index (χ1v) is 8.48. The van der Waals surface area contributed by atoms with Crippen molar-refractivity contribution in [3.8, 4) is 0 Å². The zero-order chi connectivity index (χ0) is 17.9. The van der Waals surface area contributed by atoms with Crippen LogP contribution in [0.15, 0.2) is 40.9 Å². The number of carbonyl (C=O) groups is 2. The molecule has 2 amide bonds. The molecular weight excluding hydrogens is 368 g/mol. The van der Waals surface area contributed by atoms with Gasteiger partial charge in [0.2, 0.25) is 11.8 Å². The molecule has 0 radical (unpaired) electrons. The van der Waals surface area contributed by atoms with Crippen LogP contribution in [-0.2, 0) is 9.59 Å². The fourth-order valence-electron chi connectivity index (χ4n) is 2.34. The molecule has 0 saturated carbocycles. The Morgan fingerprint density at radius 3 is 2.29 bits per heavy atom. The Bertz CT molecular complexity index is 787. The van der Waals surface area contributed by atoms with Crippen LogP contribution in [0.25, 0.3) is 0 Å². The summed E-state index contributed by atoms with van der Waals surface area (Å²) < 4.78 is 0.967. The summed E-state index contributed by atoms with van der Waals surface area (Å²) in [7, 11) is 0. The summed E-state index contributed by atoms with van der Waals surface area (Å²) in [5, 5.41) is 2.85. The number of carbonyl (C=O) groups excluding carboxylic acids is 2. The monoisotopic (exact) mass is 388 g/mol. The van der Waals surface area contributed by atoms with Gasteiger partial charge >= 0.3 is 0 Å². The van der Waals surface area contributed by atoms with Crippen molar-refractivity contribution in [1.82, 2.24) is 0 Å². The molecule has 0 aliphatic carbocycles. The zero-order valence-corrected chi connectivity index (χ0v) is 15.9. The highest BCUT2D eigenvalue weighted by Gasteiger charge is 2.16. The molecule has 2 rings (SSSR count). The predicted octanol–water partition coefficient (Wildman–Crippen LogP) is 4.37. The third kappa shape index (κ3) is 4.45. The Morgan fingerprint density at radius 2 is 1.71 bits per heavy atom. The number of amides is 2. The third-order valence-electron chi connectivity index (χ3n) is 3.93. The van der Waals surface area contributed by atoms with E-state index in [0.29, 0.717) is 5.69 Å². The minimum atomic E-state index is -0.228. The molecule has 0 unspecified atom stereocenters. The molecule has 4 nitrogen and oxygen atoms in total. The maximum absolute atomic E-state index is 12.3. The first kappa shape index (κ1) is 18.2. The summed E-state index contributed by atoms with van der Waals surface area (Å²) in [4.78, 5) is 25.8. The fraction of sp³-hybridized carbons (Fsp3) is 0.263. The number of nitrogens with zero attached hydrogens (tertiary/aromatic N) is 1. The van der Waals surface area contributed by atoms with Crippen molar-refractivity contribution in [2.45, 2.75) is 27.7 Å². The van der Waals surface area contributed by atoms with E-state index in [4.69, 9.17) is 0 Å². The summed E-state index contributed by atoms with van der Waals surface area (Å²) in [6.07, 6.45) is 0. The Kier molecular flexibility index (Phi) is 5.78. The van der Waals surface area contributed by atoms with Crippen LogP contribution < -0.4 is 10.2 Å². The van der Waals surface area contributed by atoms with Crippen molar-refractivity contribution in [2.24, 2.45) is 0 Å². The Labute approximate surface area is 151 Å². The summed E-state index contributed by atoms with van der Waals surface area (Å²) in [6, 6.07) is 11.3. The standard InChI is InChI=1S/C19H21BrN2O2/c1-12-5-6-16(9-13(12)2)21-19(24)11-22(15(4)23)17-7-8-18(20)14(3)10-17/h5-10H,11H2,1-4H3,(H,21,24). The second-order valence-electron chi connectivity index (χ2n) is 5.89. The normalized spacial score (nSPS) is 10.4. The lowest BCUT2D eigenvalue weighted by Gasteiger charge is -2.21. The number of anilines is 2. The number of nitrogens with one attached hydrogen (secondary N) is 1. The molecule has 126 valence electrons. The van der Waals surface area contributed by atoms with E-state index < -0.39 is 0 Å². The van der Waals surface area contributed by atoms with Crippen LogP contribution >= 0.6 is 15.9 Å². The van der Waals surface area contributed by atoms with Gasteiger partial charge in [-0.25, -0.2) is 0 Å². The van der Waals surface area contributed by atoms with Crippen molar-refractivity contribution in [2.75, 3.05) is 16.8 Å². The van der Waals surface area contributed by atoms with Crippen molar-refractivity contribution in [1.29, 1.82) is 0 Å². The lowest BCUT2D eigenvalue weighted by atomic mass is 10.1. The third-order valence-corrected chi connectivity index (χ3v) is 4.82. The van der Waals surface area contributed by atoms with Gasteiger partial charge in [-0.2, -0.15) is 0 Å². The van der Waals surface area contributed by atoms with E-state index in [9.17, 15) is 9.59 Å². The van der Waals surface area contributed by atoms with Gasteiger partial charge in [-0.3, -0.25) is 9.59 Å². The molecule has 0 bridgehead atoms. The molecule has 2 aromatic rings. The van der Waals surface area contributed by atoms with Crippen LogP contribution in [0, 0.1) is 20.8 Å². The van der Waals surface area contributed by atoms with Crippen molar-refractivity contribution >= 4 is 39.1 Å². The quantitative estimate of drug-likeness (QED) is 0.845. The molecule has 5 heteroatoms. The molecule has 0 saturated heterocycles. The minimum absolute atomic E-state index is 0.0245. The number of hydrogen-bond acceptors (Lipinski definition) is 2. The zero-order valence-electron chi connectivity index (χ0n) is 14.3. The highest BCUT2D eigenvalue weighted by molar-refractivity contribution is 9.10. The molecule has 0 fully saturated rings. The van der Waals surface area contributed by atoms with Crippen LogP contribution in [-0.4, -0.2) is 18.4 Å². The smallest absolute Gasteiger partial charge is 0.244 e. The molecular formula is C19H21BrN2O2. The maximum Gasteiger partial charge on any atom is 0.244 e. The average Bonchev–Trinajstić information content (AvgIpc) is 2.51. The topological polar surface area (TPSA) is 49.4 Å². The van der Waals surface area contributed by atoms with Crippen molar-refractivity contribution < 1.29 is 9.59 Å². The number of benzene rings is 2. The van der Waals surface area contributed by atoms with Gasteiger partial charge in [0.05, 0.1) is 0 Å². The summed E-state index contributed by atoms with van der Waals surface area (Å²) in [5.41, 5.74) is 4.73. The van der Waals surface area contributed by atoms with Gasteiger partial charge in [0.15, 0.2) is 0 Å². The van der Waals surface area contributed by atoms with Gasteiger partial charge in [0, 0.05) is 22.8 Å². The molecule has 24 heavy (non-hydrogen) atoms. The highest BCUT2D eigenvalue weighted by atomic mass is 79.9.